The molecule has 0 aliphatic carbocycles. The van der Waals surface area contributed by atoms with Crippen LogP contribution in [-0.4, -0.2) is 26.4 Å². The summed E-state index contributed by atoms with van der Waals surface area (Å²) in [7, 11) is 0. The summed E-state index contributed by atoms with van der Waals surface area (Å²) in [5.74, 6) is -1.45. The number of hydrogen-bond donors (Lipinski definition) is 1. The Morgan fingerprint density at radius 2 is 2.25 bits per heavy atom. The van der Waals surface area contributed by atoms with E-state index in [9.17, 15) is 9.18 Å². The van der Waals surface area contributed by atoms with Crippen molar-refractivity contribution in [1.82, 2.24) is 9.55 Å². The molecule has 1 aromatic carbocycles. The fourth-order valence-electron chi connectivity index (χ4n) is 1.66. The van der Waals surface area contributed by atoms with Crippen molar-refractivity contribution in [2.45, 2.75) is 11.7 Å². The SMILES string of the molecule is C=C(Br)Cn1c(SCC(=O)O)nc2cc(F)c(Br)cc21. The molecular formula is C12H9Br2FN2O2S. The van der Waals surface area contributed by atoms with Crippen LogP contribution in [0, 0.1) is 5.82 Å². The molecule has 0 aliphatic heterocycles. The van der Waals surface area contributed by atoms with Crippen molar-refractivity contribution in [3.63, 3.8) is 0 Å². The quantitative estimate of drug-likeness (QED) is 0.737. The Hall–Kier alpha value is -0.860. The lowest BCUT2D eigenvalue weighted by Crippen LogP contribution is -2.03. The van der Waals surface area contributed by atoms with Gasteiger partial charge in [0.1, 0.15) is 5.82 Å². The predicted molar refractivity (Wildman–Crippen MR) is 83.8 cm³/mol. The van der Waals surface area contributed by atoms with E-state index in [1.807, 2.05) is 0 Å². The number of benzene rings is 1. The minimum atomic E-state index is -0.932. The lowest BCUT2D eigenvalue weighted by molar-refractivity contribution is -0.133. The number of aliphatic carboxylic acids is 1. The summed E-state index contributed by atoms with van der Waals surface area (Å²) in [6.45, 7) is 4.20. The predicted octanol–water partition coefficient (Wildman–Crippen LogP) is 4.02. The highest BCUT2D eigenvalue weighted by Crippen LogP contribution is 2.29. The van der Waals surface area contributed by atoms with Crippen molar-refractivity contribution < 1.29 is 14.3 Å². The molecule has 2 aromatic rings. The first kappa shape index (κ1) is 15.5. The van der Waals surface area contributed by atoms with Crippen LogP contribution >= 0.6 is 43.6 Å². The molecule has 1 heterocycles. The van der Waals surface area contributed by atoms with E-state index in [4.69, 9.17) is 5.11 Å². The van der Waals surface area contributed by atoms with E-state index in [1.165, 1.54) is 6.07 Å². The Kier molecular flexibility index (Phi) is 4.87. The fourth-order valence-corrected chi connectivity index (χ4v) is 2.98. The van der Waals surface area contributed by atoms with Crippen molar-refractivity contribution in [3.05, 3.63) is 33.5 Å². The van der Waals surface area contributed by atoms with Gasteiger partial charge in [0, 0.05) is 10.5 Å². The maximum Gasteiger partial charge on any atom is 0.313 e. The van der Waals surface area contributed by atoms with Crippen molar-refractivity contribution in [1.29, 1.82) is 0 Å². The van der Waals surface area contributed by atoms with Crippen LogP contribution in [0.5, 0.6) is 0 Å². The summed E-state index contributed by atoms with van der Waals surface area (Å²) in [5, 5.41) is 9.27. The van der Waals surface area contributed by atoms with E-state index < -0.39 is 11.8 Å². The zero-order chi connectivity index (χ0) is 14.9. The number of thioether (sulfide) groups is 1. The maximum absolute atomic E-state index is 13.5. The fraction of sp³-hybridized carbons (Fsp3) is 0.167. The van der Waals surface area contributed by atoms with Crippen LogP contribution in [-0.2, 0) is 11.3 Å². The highest BCUT2D eigenvalue weighted by Gasteiger charge is 2.15. The number of rotatable bonds is 5. The number of carboxylic acid groups (broad SMARTS) is 1. The number of nitrogens with zero attached hydrogens (tertiary/aromatic N) is 2. The zero-order valence-electron chi connectivity index (χ0n) is 10.1. The summed E-state index contributed by atoms with van der Waals surface area (Å²) in [6.07, 6.45) is 0. The average Bonchev–Trinajstić information content (AvgIpc) is 2.65. The maximum atomic E-state index is 13.5. The molecule has 0 atom stereocenters. The number of allylic oxidation sites excluding steroid dienone is 1. The monoisotopic (exact) mass is 422 g/mol. The van der Waals surface area contributed by atoms with Crippen LogP contribution in [0.3, 0.4) is 0 Å². The first-order valence-corrected chi connectivity index (χ1v) is 7.99. The van der Waals surface area contributed by atoms with E-state index >= 15 is 0 Å². The average molecular weight is 424 g/mol. The van der Waals surface area contributed by atoms with Crippen LogP contribution in [0.2, 0.25) is 0 Å². The van der Waals surface area contributed by atoms with Gasteiger partial charge in [0.15, 0.2) is 5.16 Å². The highest BCUT2D eigenvalue weighted by atomic mass is 79.9. The van der Waals surface area contributed by atoms with Gasteiger partial charge in [-0.05, 0) is 22.0 Å². The smallest absolute Gasteiger partial charge is 0.313 e. The molecule has 0 bridgehead atoms. The van der Waals surface area contributed by atoms with Gasteiger partial charge < -0.3 is 9.67 Å². The minimum Gasteiger partial charge on any atom is -0.481 e. The molecule has 0 saturated heterocycles. The zero-order valence-corrected chi connectivity index (χ0v) is 14.1. The van der Waals surface area contributed by atoms with Crippen LogP contribution in [0.4, 0.5) is 4.39 Å². The Morgan fingerprint density at radius 3 is 2.85 bits per heavy atom. The molecule has 0 fully saturated rings. The number of fused-ring (bicyclic) bond motifs is 1. The van der Waals surface area contributed by atoms with Crippen LogP contribution in [0.25, 0.3) is 11.0 Å². The van der Waals surface area contributed by atoms with Gasteiger partial charge in [-0.25, -0.2) is 9.37 Å². The largest absolute Gasteiger partial charge is 0.481 e. The van der Waals surface area contributed by atoms with Gasteiger partial charge in [0.2, 0.25) is 0 Å². The second kappa shape index (κ2) is 6.28. The molecule has 0 unspecified atom stereocenters. The summed E-state index contributed by atoms with van der Waals surface area (Å²) < 4.78 is 16.4. The Bertz CT molecular complexity index is 702. The number of imidazole rings is 1. The van der Waals surface area contributed by atoms with E-state index in [-0.39, 0.29) is 5.75 Å². The molecule has 0 saturated carbocycles. The van der Waals surface area contributed by atoms with Crippen LogP contribution < -0.4 is 0 Å². The number of carbonyl (C=O) groups is 1. The molecule has 1 aromatic heterocycles. The van der Waals surface area contributed by atoms with Gasteiger partial charge in [-0.3, -0.25) is 4.79 Å². The summed E-state index contributed by atoms with van der Waals surface area (Å²) in [6, 6.07) is 2.94. The number of carboxylic acids is 1. The van der Waals surface area contributed by atoms with E-state index in [2.05, 4.69) is 43.4 Å². The van der Waals surface area contributed by atoms with Gasteiger partial charge in [0.25, 0.3) is 0 Å². The standard InChI is InChI=1S/C12H9Br2FN2O2S/c1-6(13)4-17-10-2-7(14)8(15)3-9(10)16-12(17)20-5-11(18)19/h2-3H,1,4-5H2,(H,18,19). The van der Waals surface area contributed by atoms with Crippen molar-refractivity contribution in [2.75, 3.05) is 5.75 Å². The van der Waals surface area contributed by atoms with E-state index in [0.717, 1.165) is 16.2 Å². The molecule has 4 nitrogen and oxygen atoms in total. The van der Waals surface area contributed by atoms with Gasteiger partial charge in [-0.1, -0.05) is 34.3 Å². The summed E-state index contributed by atoms with van der Waals surface area (Å²) >= 11 is 7.50. The molecule has 2 rings (SSSR count). The van der Waals surface area contributed by atoms with Gasteiger partial charge in [-0.2, -0.15) is 0 Å². The first-order valence-electron chi connectivity index (χ1n) is 5.41. The third kappa shape index (κ3) is 3.42. The second-order valence-electron chi connectivity index (χ2n) is 3.94. The van der Waals surface area contributed by atoms with Crippen molar-refractivity contribution in [3.8, 4) is 0 Å². The molecule has 0 aliphatic rings. The lowest BCUT2D eigenvalue weighted by Gasteiger charge is -2.07. The molecular weight excluding hydrogens is 415 g/mol. The Morgan fingerprint density at radius 1 is 1.55 bits per heavy atom. The molecule has 0 spiro atoms. The van der Waals surface area contributed by atoms with Gasteiger partial charge >= 0.3 is 5.97 Å². The van der Waals surface area contributed by atoms with Crippen molar-refractivity contribution >= 4 is 60.6 Å². The second-order valence-corrected chi connectivity index (χ2v) is 6.85. The van der Waals surface area contributed by atoms with Crippen molar-refractivity contribution in [2.24, 2.45) is 0 Å². The summed E-state index contributed by atoms with van der Waals surface area (Å²) in [5.41, 5.74) is 1.19. The van der Waals surface area contributed by atoms with Crippen LogP contribution in [0.1, 0.15) is 0 Å². The highest BCUT2D eigenvalue weighted by molar-refractivity contribution is 9.11. The minimum absolute atomic E-state index is 0.109. The topological polar surface area (TPSA) is 55.1 Å². The normalized spacial score (nSPS) is 10.9. The number of halogens is 3. The first-order chi connectivity index (χ1) is 9.38. The third-order valence-electron chi connectivity index (χ3n) is 2.41. The van der Waals surface area contributed by atoms with Gasteiger partial charge in [0.05, 0.1) is 27.8 Å². The van der Waals surface area contributed by atoms with E-state index in [1.54, 1.807) is 10.6 Å². The third-order valence-corrected chi connectivity index (χ3v) is 4.23. The molecule has 0 radical (unpaired) electrons. The molecule has 8 heteroatoms. The molecule has 106 valence electrons. The Labute approximate surface area is 135 Å². The molecule has 0 amide bonds. The summed E-state index contributed by atoms with van der Waals surface area (Å²) in [4.78, 5) is 15.0. The Balaban J connectivity index is 2.54. The lowest BCUT2D eigenvalue weighted by atomic mass is 10.3. The van der Waals surface area contributed by atoms with E-state index in [0.29, 0.717) is 27.2 Å². The number of aromatic nitrogens is 2. The van der Waals surface area contributed by atoms with Crippen LogP contribution in [0.15, 0.2) is 32.8 Å². The van der Waals surface area contributed by atoms with Gasteiger partial charge in [-0.15, -0.1) is 0 Å². The molecule has 1 N–H and O–H groups in total. The molecule has 20 heavy (non-hydrogen) atoms. The number of hydrogen-bond acceptors (Lipinski definition) is 3.